The minimum atomic E-state index is -2.50. The second-order valence-corrected chi connectivity index (χ2v) is 14.5. The highest BCUT2D eigenvalue weighted by molar-refractivity contribution is 6.01. The summed E-state index contributed by atoms with van der Waals surface area (Å²) in [5, 5.41) is 37.3. The zero-order valence-corrected chi connectivity index (χ0v) is 25.1. The molecule has 6 bridgehead atoms. The average Bonchev–Trinajstić information content (AvgIpc) is 3.23. The molecule has 5 heterocycles. The summed E-state index contributed by atoms with van der Waals surface area (Å²) in [7, 11) is 0. The molecule has 5 unspecified atom stereocenters. The molecule has 11 nitrogen and oxygen atoms in total. The van der Waals surface area contributed by atoms with Gasteiger partial charge in [0.1, 0.15) is 17.3 Å². The van der Waals surface area contributed by atoms with Gasteiger partial charge in [0, 0.05) is 18.9 Å². The van der Waals surface area contributed by atoms with E-state index in [0.29, 0.717) is 0 Å². The van der Waals surface area contributed by atoms with E-state index in [9.17, 15) is 24.9 Å². The van der Waals surface area contributed by atoms with Crippen LogP contribution in [-0.2, 0) is 38.4 Å². The predicted octanol–water partition coefficient (Wildman–Crippen LogP) is 1.89. The van der Waals surface area contributed by atoms with Gasteiger partial charge in [-0.3, -0.25) is 14.4 Å². The molecule has 3 aliphatic carbocycles. The normalized spacial score (nSPS) is 57.6. The zero-order valence-electron chi connectivity index (χ0n) is 25.1. The van der Waals surface area contributed by atoms with Gasteiger partial charge in [0.05, 0.1) is 29.0 Å². The number of hydrogen-bond donors (Lipinski definition) is 3. The molecule has 232 valence electrons. The second-order valence-electron chi connectivity index (χ2n) is 14.5. The van der Waals surface area contributed by atoms with Crippen LogP contribution in [0.5, 0.6) is 0 Å². The van der Waals surface area contributed by atoms with E-state index in [2.05, 4.69) is 0 Å². The Hall–Kier alpha value is -1.89. The fourth-order valence-electron chi connectivity index (χ4n) is 10.8. The third kappa shape index (κ3) is 2.71. The zero-order chi connectivity index (χ0) is 30.5. The van der Waals surface area contributed by atoms with Crippen molar-refractivity contribution in [3.8, 4) is 0 Å². The van der Waals surface area contributed by atoms with Gasteiger partial charge >= 0.3 is 5.97 Å². The fraction of sp³-hybridized carbons (Fsp3) is 0.839. The number of ketones is 2. The van der Waals surface area contributed by atoms with Crippen LogP contribution in [-0.4, -0.2) is 79.9 Å². The van der Waals surface area contributed by atoms with Crippen LogP contribution in [0.15, 0.2) is 11.8 Å². The minimum absolute atomic E-state index is 0.0329. The van der Waals surface area contributed by atoms with Gasteiger partial charge < -0.3 is 34.4 Å². The number of aliphatic hydroxyl groups excluding tert-OH is 1. The van der Waals surface area contributed by atoms with Crippen molar-refractivity contribution in [3.63, 3.8) is 0 Å². The summed E-state index contributed by atoms with van der Waals surface area (Å²) in [5.74, 6) is -7.58. The first-order valence-corrected chi connectivity index (χ1v) is 15.4. The van der Waals surface area contributed by atoms with E-state index < -0.39 is 86.7 Å². The summed E-state index contributed by atoms with van der Waals surface area (Å²) >= 11 is 0. The van der Waals surface area contributed by atoms with Gasteiger partial charge in [-0.05, 0) is 70.3 Å². The lowest BCUT2D eigenvalue weighted by molar-refractivity contribution is -0.430. The molecule has 4 saturated heterocycles. The van der Waals surface area contributed by atoms with Crippen molar-refractivity contribution in [2.45, 2.75) is 120 Å². The number of carbonyl (C=O) groups excluding carboxylic acids is 3. The molecule has 0 radical (unpaired) electrons. The predicted molar refractivity (Wildman–Crippen MR) is 142 cm³/mol. The average molecular weight is 591 g/mol. The largest absolute Gasteiger partial charge is 0.459 e. The third-order valence-corrected chi connectivity index (χ3v) is 13.4. The van der Waals surface area contributed by atoms with Crippen LogP contribution >= 0.6 is 0 Å². The Labute approximate surface area is 244 Å². The molecule has 0 aromatic rings. The number of Topliss-reactive ketones (excluding diaryl/α,β-unsaturated/α-hetero) is 2. The number of fused-ring (bicyclic) bond motifs is 8. The van der Waals surface area contributed by atoms with Crippen LogP contribution in [0.25, 0.3) is 0 Å². The Bertz CT molecular complexity index is 1310. The maximum atomic E-state index is 15.0. The number of esters is 1. The highest BCUT2D eigenvalue weighted by Gasteiger charge is 2.87. The van der Waals surface area contributed by atoms with Crippen LogP contribution in [0.2, 0.25) is 0 Å². The molecule has 13 atom stereocenters. The number of aliphatic hydroxyl groups is 3. The Morgan fingerprint density at radius 3 is 2.43 bits per heavy atom. The van der Waals surface area contributed by atoms with Crippen molar-refractivity contribution >= 4 is 17.5 Å². The van der Waals surface area contributed by atoms with Gasteiger partial charge in [0.15, 0.2) is 11.4 Å². The van der Waals surface area contributed by atoms with Crippen molar-refractivity contribution in [3.05, 3.63) is 11.8 Å². The molecule has 42 heavy (non-hydrogen) atoms. The molecule has 0 aromatic heterocycles. The number of carbonyl (C=O) groups is 3. The summed E-state index contributed by atoms with van der Waals surface area (Å²) in [6.07, 6.45) is 0.373. The fourth-order valence-corrected chi connectivity index (χ4v) is 10.8. The second kappa shape index (κ2) is 8.22. The van der Waals surface area contributed by atoms with E-state index in [1.54, 1.807) is 40.7 Å². The number of ether oxygens (including phenoxy) is 3. The lowest BCUT2D eigenvalue weighted by atomic mass is 9.45. The molecule has 8 rings (SSSR count). The Kier molecular flexibility index (Phi) is 5.65. The monoisotopic (exact) mass is 590 g/mol. The van der Waals surface area contributed by atoms with Gasteiger partial charge in [0.25, 0.3) is 0 Å². The van der Waals surface area contributed by atoms with E-state index in [0.717, 1.165) is 0 Å². The molecule has 11 heteroatoms. The smallest absolute Gasteiger partial charge is 0.309 e. The highest BCUT2D eigenvalue weighted by atomic mass is 17.2. The summed E-state index contributed by atoms with van der Waals surface area (Å²) in [4.78, 5) is 53.3. The summed E-state index contributed by atoms with van der Waals surface area (Å²) in [5.41, 5.74) is -8.87. The maximum absolute atomic E-state index is 15.0. The molecule has 0 amide bonds. The van der Waals surface area contributed by atoms with Gasteiger partial charge in [0.2, 0.25) is 17.3 Å². The number of hydrogen-bond acceptors (Lipinski definition) is 11. The lowest BCUT2D eigenvalue weighted by Gasteiger charge is -2.67. The van der Waals surface area contributed by atoms with E-state index in [1.807, 2.05) is 6.92 Å². The van der Waals surface area contributed by atoms with E-state index in [4.69, 9.17) is 24.0 Å². The van der Waals surface area contributed by atoms with Crippen molar-refractivity contribution in [1.82, 2.24) is 0 Å². The number of allylic oxidation sites excluding steroid dienone is 1. The van der Waals surface area contributed by atoms with Gasteiger partial charge in [-0.2, -0.15) is 4.89 Å². The first-order valence-electron chi connectivity index (χ1n) is 15.4. The van der Waals surface area contributed by atoms with Crippen LogP contribution in [0, 0.1) is 34.5 Å². The molecular weight excluding hydrogens is 548 g/mol. The minimum Gasteiger partial charge on any atom is -0.459 e. The molecule has 3 N–H and O–H groups in total. The Morgan fingerprint density at radius 1 is 1.10 bits per heavy atom. The van der Waals surface area contributed by atoms with E-state index >= 15 is 4.79 Å². The molecule has 2 saturated carbocycles. The lowest BCUT2D eigenvalue weighted by Crippen LogP contribution is -2.82. The van der Waals surface area contributed by atoms with Crippen LogP contribution < -0.4 is 0 Å². The third-order valence-electron chi connectivity index (χ3n) is 13.4. The maximum Gasteiger partial charge on any atom is 0.309 e. The van der Waals surface area contributed by atoms with E-state index in [-0.39, 0.29) is 56.7 Å². The molecule has 2 spiro atoms. The van der Waals surface area contributed by atoms with Crippen LogP contribution in [0.1, 0.15) is 80.1 Å². The number of rotatable bonds is 3. The molecule has 6 fully saturated rings. The van der Waals surface area contributed by atoms with Crippen LogP contribution in [0.3, 0.4) is 0 Å². The standard InChI is InChI=1S/C31H42O11/c1-7-28(36)11-9-16-17(13-19(32)29-12-10-18(40-42-29)22(33)26(16,29)5)30(37)23(34)21-25(4)14-20(39-24(35)15(25)3)27(6,38-8-2)31(21,28)41-30/h10,15-17,19-21,32,36-37H,7-9,11-14H2,1-6H3/t15-,16?,17?,19+,20?,21?,25+,26-,27-,28-,29+,30?,31-/m0/s1. The summed E-state index contributed by atoms with van der Waals surface area (Å²) in [6, 6.07) is 0. The van der Waals surface area contributed by atoms with Gasteiger partial charge in [-0.15, -0.1) is 0 Å². The molecular formula is C31H42O11. The van der Waals surface area contributed by atoms with Crippen molar-refractivity contribution in [2.24, 2.45) is 34.5 Å². The Balaban J connectivity index is 1.49. The Morgan fingerprint density at radius 2 is 1.81 bits per heavy atom. The van der Waals surface area contributed by atoms with E-state index in [1.165, 1.54) is 0 Å². The topological polar surface area (TPSA) is 158 Å². The quantitative estimate of drug-likeness (QED) is 0.326. The molecule has 0 aromatic carbocycles. The van der Waals surface area contributed by atoms with Gasteiger partial charge in [-0.1, -0.05) is 20.8 Å². The van der Waals surface area contributed by atoms with Crippen molar-refractivity contribution < 1.29 is 53.7 Å². The SMILES string of the molecule is CCO[C@@]1(C)C2C[C@@](C)(C3C(=O)C4(O)O[C@@]31[C@](O)(CC)CCC1C4C[C@@H](O)[C@@]34CC=C(OO3)C(=O)[C@]14C)[C@@H](C)C(=O)O2. The molecule has 5 aliphatic heterocycles. The van der Waals surface area contributed by atoms with Crippen molar-refractivity contribution in [2.75, 3.05) is 6.61 Å². The highest BCUT2D eigenvalue weighted by Crippen LogP contribution is 2.73. The van der Waals surface area contributed by atoms with Crippen molar-refractivity contribution in [1.29, 1.82) is 0 Å². The summed E-state index contributed by atoms with van der Waals surface area (Å²) in [6.45, 7) is 10.7. The molecule has 8 aliphatic rings. The summed E-state index contributed by atoms with van der Waals surface area (Å²) < 4.78 is 19.2. The van der Waals surface area contributed by atoms with Gasteiger partial charge in [-0.25, -0.2) is 0 Å². The first kappa shape index (κ1) is 28.9. The van der Waals surface area contributed by atoms with Crippen LogP contribution in [0.4, 0.5) is 0 Å². The first-order chi connectivity index (χ1) is 19.6.